The van der Waals surface area contributed by atoms with E-state index in [0.717, 1.165) is 90.4 Å². The average molecular weight is 641 g/mol. The van der Waals surface area contributed by atoms with E-state index in [9.17, 15) is 14.4 Å². The number of alkyl carbamates (subject to hydrolysis) is 1. The molecule has 0 aromatic carbocycles. The Labute approximate surface area is 254 Å². The number of rotatable bonds is 27. The van der Waals surface area contributed by atoms with Gasteiger partial charge in [-0.15, -0.1) is 0 Å². The highest BCUT2D eigenvalue weighted by atomic mass is 33.2. The van der Waals surface area contributed by atoms with E-state index >= 15 is 0 Å². The van der Waals surface area contributed by atoms with Crippen LogP contribution in [0.4, 0.5) is 4.79 Å². The van der Waals surface area contributed by atoms with Crippen LogP contribution in [0.15, 0.2) is 0 Å². The van der Waals surface area contributed by atoms with Crippen molar-refractivity contribution >= 4 is 61.1 Å². The zero-order valence-corrected chi connectivity index (χ0v) is 26.5. The first-order valence-electron chi connectivity index (χ1n) is 14.2. The molecule has 2 aliphatic heterocycles. The highest BCUT2D eigenvalue weighted by Crippen LogP contribution is 2.51. The second-order valence-electron chi connectivity index (χ2n) is 9.81. The number of hydrogen-bond acceptors (Lipinski definition) is 13. The lowest BCUT2D eigenvalue weighted by Gasteiger charge is -2.19. The molecule has 2 rings (SSSR count). The van der Waals surface area contributed by atoms with E-state index < -0.39 is 6.09 Å². The molecule has 232 valence electrons. The van der Waals surface area contributed by atoms with Crippen molar-refractivity contribution in [2.45, 2.75) is 91.8 Å². The van der Waals surface area contributed by atoms with Gasteiger partial charge in [-0.3, -0.25) is 20.2 Å². The fourth-order valence-corrected chi connectivity index (χ4v) is 6.09. The Kier molecular flexibility index (Phi) is 19.6. The quantitative estimate of drug-likeness (QED) is 0.0364. The third-order valence-corrected chi connectivity index (χ3v) is 10.0. The van der Waals surface area contributed by atoms with Crippen molar-refractivity contribution in [2.24, 2.45) is 17.2 Å². The zero-order chi connectivity index (χ0) is 29.0. The SMILES string of the molecule is NCCNC(=O)OC(CCCNCCCCC(NC1SS1)C(N)=O)CCCNCCCCC(NC1SS1)C(N)=O. The Morgan fingerprint density at radius 3 is 1.50 bits per heavy atom. The Balaban J connectivity index is 1.52. The van der Waals surface area contributed by atoms with Crippen molar-refractivity contribution in [3.8, 4) is 0 Å². The van der Waals surface area contributed by atoms with E-state index in [1.807, 2.05) is 0 Å². The molecular formula is C24H48N8O4S4. The van der Waals surface area contributed by atoms with Gasteiger partial charge >= 0.3 is 6.09 Å². The molecule has 2 saturated heterocycles. The predicted molar refractivity (Wildman–Crippen MR) is 169 cm³/mol. The first-order valence-corrected chi connectivity index (χ1v) is 18.7. The number of primary amides is 2. The van der Waals surface area contributed by atoms with Gasteiger partial charge in [0.2, 0.25) is 11.8 Å². The molecule has 0 spiro atoms. The van der Waals surface area contributed by atoms with E-state index in [-0.39, 0.29) is 30.0 Å². The second-order valence-corrected chi connectivity index (χ2v) is 15.4. The zero-order valence-electron chi connectivity index (χ0n) is 23.2. The number of nitrogens with one attached hydrogen (secondary N) is 5. The predicted octanol–water partition coefficient (Wildman–Crippen LogP) is 1.36. The van der Waals surface area contributed by atoms with Gasteiger partial charge < -0.3 is 37.9 Å². The van der Waals surface area contributed by atoms with Gasteiger partial charge in [0.25, 0.3) is 0 Å². The molecule has 11 N–H and O–H groups in total. The summed E-state index contributed by atoms with van der Waals surface area (Å²) < 4.78 is 6.25. The third-order valence-electron chi connectivity index (χ3n) is 6.39. The Hall–Kier alpha value is -0.590. The molecule has 2 unspecified atom stereocenters. The molecule has 40 heavy (non-hydrogen) atoms. The number of amides is 3. The van der Waals surface area contributed by atoms with E-state index in [1.165, 1.54) is 0 Å². The summed E-state index contributed by atoms with van der Waals surface area (Å²) in [7, 11) is 6.86. The van der Waals surface area contributed by atoms with Crippen LogP contribution in [-0.2, 0) is 14.3 Å². The molecule has 3 amide bonds. The van der Waals surface area contributed by atoms with Crippen molar-refractivity contribution in [3.63, 3.8) is 0 Å². The normalized spacial score (nSPS) is 17.2. The van der Waals surface area contributed by atoms with Crippen molar-refractivity contribution in [1.29, 1.82) is 0 Å². The van der Waals surface area contributed by atoms with Crippen LogP contribution in [0.5, 0.6) is 0 Å². The van der Waals surface area contributed by atoms with Gasteiger partial charge in [-0.1, -0.05) is 56.0 Å². The van der Waals surface area contributed by atoms with Crippen molar-refractivity contribution < 1.29 is 19.1 Å². The van der Waals surface area contributed by atoms with E-state index in [4.69, 9.17) is 21.9 Å². The maximum atomic E-state index is 12.1. The monoisotopic (exact) mass is 640 g/mol. The van der Waals surface area contributed by atoms with E-state index in [2.05, 4.69) is 26.6 Å². The summed E-state index contributed by atoms with van der Waals surface area (Å²) in [6.45, 7) is 4.20. The number of unbranched alkanes of at least 4 members (excludes halogenated alkanes) is 2. The van der Waals surface area contributed by atoms with Gasteiger partial charge in [-0.2, -0.15) is 0 Å². The molecule has 2 aliphatic rings. The molecule has 0 saturated carbocycles. The minimum Gasteiger partial charge on any atom is -0.446 e. The summed E-state index contributed by atoms with van der Waals surface area (Å²) in [6, 6.07) is -0.514. The number of nitrogens with two attached hydrogens (primary N) is 3. The standard InChI is InChI=1S/C24H48N8O4S4/c25-11-16-30-22(35)36-17(7-5-14-28-12-3-1-9-18(20(26)33)31-23-37-38-23)8-6-15-29-13-4-2-10-19(21(27)34)32-24-39-40-24/h17-19,23-24,28-29,31-32H,1-16,25H2,(H2,26,33)(H2,27,34)(H,30,35). The topological polar surface area (TPSA) is 199 Å². The Morgan fingerprint density at radius 1 is 0.650 bits per heavy atom. The molecule has 2 atom stereocenters. The minimum atomic E-state index is -0.419. The smallest absolute Gasteiger partial charge is 0.407 e. The lowest BCUT2D eigenvalue weighted by Crippen LogP contribution is -2.41. The molecule has 12 nitrogen and oxygen atoms in total. The number of hydrogen-bond donors (Lipinski definition) is 8. The maximum Gasteiger partial charge on any atom is 0.407 e. The van der Waals surface area contributed by atoms with Crippen LogP contribution in [-0.4, -0.2) is 84.8 Å². The lowest BCUT2D eigenvalue weighted by atomic mass is 10.1. The van der Waals surface area contributed by atoms with Crippen LogP contribution in [0.2, 0.25) is 0 Å². The van der Waals surface area contributed by atoms with Gasteiger partial charge in [-0.05, 0) is 77.5 Å². The Bertz CT molecular complexity index is 689. The lowest BCUT2D eigenvalue weighted by molar-refractivity contribution is -0.120. The largest absolute Gasteiger partial charge is 0.446 e. The van der Waals surface area contributed by atoms with Gasteiger partial charge in [-0.25, -0.2) is 4.79 Å². The molecule has 16 heteroatoms. The molecular weight excluding hydrogens is 593 g/mol. The number of carbonyl (C=O) groups excluding carboxylic acids is 3. The summed E-state index contributed by atoms with van der Waals surface area (Å²) >= 11 is 0. The Morgan fingerprint density at radius 2 is 1.10 bits per heavy atom. The van der Waals surface area contributed by atoms with Gasteiger partial charge in [0.1, 0.15) is 15.5 Å². The molecule has 0 radical (unpaired) electrons. The minimum absolute atomic E-state index is 0.150. The van der Waals surface area contributed by atoms with Gasteiger partial charge in [0.15, 0.2) is 0 Å². The highest BCUT2D eigenvalue weighted by Gasteiger charge is 2.30. The second kappa shape index (κ2) is 22.0. The van der Waals surface area contributed by atoms with Crippen molar-refractivity contribution in [2.75, 3.05) is 39.3 Å². The third kappa shape index (κ3) is 18.8. The van der Waals surface area contributed by atoms with Crippen LogP contribution >= 0.6 is 43.2 Å². The van der Waals surface area contributed by atoms with Gasteiger partial charge in [0, 0.05) is 13.1 Å². The molecule has 2 fully saturated rings. The fourth-order valence-electron chi connectivity index (χ4n) is 4.10. The van der Waals surface area contributed by atoms with Crippen molar-refractivity contribution in [3.05, 3.63) is 0 Å². The first kappa shape index (κ1) is 35.6. The summed E-state index contributed by atoms with van der Waals surface area (Å²) in [5, 5.41) is 16.1. The summed E-state index contributed by atoms with van der Waals surface area (Å²) in [5.41, 5.74) is 16.4. The van der Waals surface area contributed by atoms with E-state index in [1.54, 1.807) is 43.2 Å². The first-order chi connectivity index (χ1) is 19.4. The fraction of sp³-hybridized carbons (Fsp3) is 0.875. The van der Waals surface area contributed by atoms with Crippen LogP contribution in [0.1, 0.15) is 64.2 Å². The van der Waals surface area contributed by atoms with Crippen LogP contribution in [0.3, 0.4) is 0 Å². The summed E-state index contributed by atoms with van der Waals surface area (Å²) in [4.78, 5) is 35.2. The molecule has 0 aromatic rings. The number of carbonyl (C=O) groups is 3. The molecule has 2 heterocycles. The van der Waals surface area contributed by atoms with Crippen LogP contribution < -0.4 is 43.8 Å². The number of ether oxygens (including phenoxy) is 1. The highest BCUT2D eigenvalue weighted by molar-refractivity contribution is 8.93. The molecule has 0 bridgehead atoms. The van der Waals surface area contributed by atoms with Gasteiger partial charge in [0.05, 0.1) is 12.1 Å². The summed E-state index contributed by atoms with van der Waals surface area (Å²) in [6.07, 6.45) is 8.10. The van der Waals surface area contributed by atoms with Crippen LogP contribution in [0, 0.1) is 0 Å². The van der Waals surface area contributed by atoms with Crippen LogP contribution in [0.25, 0.3) is 0 Å². The van der Waals surface area contributed by atoms with Crippen molar-refractivity contribution in [1.82, 2.24) is 26.6 Å². The average Bonchev–Trinajstić information content (AvgIpc) is 3.85. The maximum absolute atomic E-state index is 12.1. The molecule has 0 aliphatic carbocycles. The summed E-state index contributed by atoms with van der Waals surface area (Å²) in [5.74, 6) is -0.571. The van der Waals surface area contributed by atoms with E-state index in [0.29, 0.717) is 22.5 Å². The molecule has 0 aromatic heterocycles.